The Morgan fingerprint density at radius 2 is 0.600 bits per heavy atom. The summed E-state index contributed by atoms with van der Waals surface area (Å²) in [5, 5.41) is 0. The van der Waals surface area contributed by atoms with Crippen molar-refractivity contribution >= 4 is 17.9 Å². The molecule has 0 aliphatic carbocycles. The molecule has 0 aliphatic rings. The third-order valence-corrected chi connectivity index (χ3v) is 10.8. The van der Waals surface area contributed by atoms with Crippen LogP contribution >= 0.6 is 0 Å². The third-order valence-electron chi connectivity index (χ3n) is 10.8. The molecule has 0 aromatic heterocycles. The topological polar surface area (TPSA) is 78.9 Å². The summed E-state index contributed by atoms with van der Waals surface area (Å²) in [6, 6.07) is 0. The second kappa shape index (κ2) is 52.7. The van der Waals surface area contributed by atoms with Crippen molar-refractivity contribution in [1.29, 1.82) is 0 Å². The summed E-state index contributed by atoms with van der Waals surface area (Å²) in [7, 11) is 0. The number of unbranched alkanes of at least 4 members (excludes halogenated alkanes) is 17. The molecule has 6 nitrogen and oxygen atoms in total. The van der Waals surface area contributed by atoms with Gasteiger partial charge >= 0.3 is 17.9 Å². The molecule has 0 aromatic rings. The molecule has 0 rings (SSSR count). The quantitative estimate of drug-likeness (QED) is 0.0262. The largest absolute Gasteiger partial charge is 0.462 e. The Balaban J connectivity index is 4.26. The van der Waals surface area contributed by atoms with Crippen molar-refractivity contribution in [2.45, 2.75) is 232 Å². The number of ether oxygens (including phenoxy) is 3. The summed E-state index contributed by atoms with van der Waals surface area (Å²) >= 11 is 0. The van der Waals surface area contributed by atoms with Crippen LogP contribution in [-0.2, 0) is 28.6 Å². The van der Waals surface area contributed by atoms with Gasteiger partial charge in [-0.3, -0.25) is 14.4 Å². The maximum atomic E-state index is 12.7. The normalized spacial score (nSPS) is 13.0. The Bertz CT molecular complexity index is 1360. The second-order valence-corrected chi connectivity index (χ2v) is 17.1. The second-order valence-electron chi connectivity index (χ2n) is 17.1. The fourth-order valence-corrected chi connectivity index (χ4v) is 6.80. The standard InChI is InChI=1S/C59H96O6/c1-4-7-10-13-15-17-19-21-23-25-27-28-29-30-32-33-35-37-39-41-43-46-49-52-58(61)64-55-56(54-63-57(60)51-48-45-12-9-6-3)65-59(62)53-50-47-44-42-40-38-36-34-31-26-24-22-20-18-16-14-11-8-5-2/h7,10,15-18,21-24,27-28,30-32,34-35,37,56H,4-6,8-9,11-14,19-20,25-26,29,33,36,38-55H2,1-3H3/b10-7-,17-15-,18-16-,23-21-,24-22-,28-27-,32-30-,34-31-,37-35-. The van der Waals surface area contributed by atoms with E-state index in [4.69, 9.17) is 14.2 Å². The van der Waals surface area contributed by atoms with Crippen molar-refractivity contribution in [2.75, 3.05) is 13.2 Å². The molecule has 1 unspecified atom stereocenters. The molecular formula is C59H96O6. The molecule has 0 aliphatic heterocycles. The molecule has 368 valence electrons. The molecule has 0 amide bonds. The van der Waals surface area contributed by atoms with E-state index < -0.39 is 6.10 Å². The molecule has 1 atom stereocenters. The predicted octanol–water partition coefficient (Wildman–Crippen LogP) is 17.5. The lowest BCUT2D eigenvalue weighted by Gasteiger charge is -2.18. The van der Waals surface area contributed by atoms with Gasteiger partial charge < -0.3 is 14.2 Å². The highest BCUT2D eigenvalue weighted by molar-refractivity contribution is 5.71. The van der Waals surface area contributed by atoms with Gasteiger partial charge in [0, 0.05) is 19.3 Å². The van der Waals surface area contributed by atoms with Crippen LogP contribution < -0.4 is 0 Å². The first-order valence-electron chi connectivity index (χ1n) is 26.4. The SMILES string of the molecule is CC/C=C\C/C=C\C/C=C\C/C=C\C/C=C\C/C=C\CCCCCCC(=O)OCC(COC(=O)CCCCCCC)OC(=O)CCCCCCCC/C=C\C/C=C\C/C=C\CCCCC. The molecule has 0 aromatic carbocycles. The molecule has 0 saturated heterocycles. The minimum Gasteiger partial charge on any atom is -0.462 e. The van der Waals surface area contributed by atoms with Gasteiger partial charge in [0.15, 0.2) is 6.10 Å². The summed E-state index contributed by atoms with van der Waals surface area (Å²) in [6.45, 7) is 6.37. The van der Waals surface area contributed by atoms with E-state index in [9.17, 15) is 14.4 Å². The van der Waals surface area contributed by atoms with Gasteiger partial charge in [0.05, 0.1) is 0 Å². The molecule has 0 radical (unpaired) electrons. The molecule has 0 saturated carbocycles. The smallest absolute Gasteiger partial charge is 0.306 e. The molecule has 0 N–H and O–H groups in total. The van der Waals surface area contributed by atoms with E-state index in [1.807, 2.05) is 0 Å². The minimum atomic E-state index is -0.794. The number of hydrogen-bond acceptors (Lipinski definition) is 6. The Hall–Kier alpha value is -3.93. The van der Waals surface area contributed by atoms with Crippen LogP contribution in [0.5, 0.6) is 0 Å². The fraction of sp³-hybridized carbons (Fsp3) is 0.644. The summed E-state index contributed by atoms with van der Waals surface area (Å²) in [5.74, 6) is -0.952. The first-order chi connectivity index (χ1) is 32.0. The number of rotatable bonds is 46. The molecule has 65 heavy (non-hydrogen) atoms. The Morgan fingerprint density at radius 1 is 0.323 bits per heavy atom. The van der Waals surface area contributed by atoms with Crippen molar-refractivity contribution in [3.63, 3.8) is 0 Å². The van der Waals surface area contributed by atoms with E-state index in [1.54, 1.807) is 0 Å². The van der Waals surface area contributed by atoms with Crippen LogP contribution in [0.3, 0.4) is 0 Å². The molecule has 0 spiro atoms. The zero-order chi connectivity index (χ0) is 47.2. The van der Waals surface area contributed by atoms with Gasteiger partial charge in [0.1, 0.15) is 13.2 Å². The third kappa shape index (κ3) is 50.9. The van der Waals surface area contributed by atoms with Gasteiger partial charge in [0.2, 0.25) is 0 Å². The van der Waals surface area contributed by atoms with E-state index in [-0.39, 0.29) is 31.1 Å². The van der Waals surface area contributed by atoms with Crippen molar-refractivity contribution in [1.82, 2.24) is 0 Å². The fourth-order valence-electron chi connectivity index (χ4n) is 6.80. The van der Waals surface area contributed by atoms with E-state index >= 15 is 0 Å². The first kappa shape index (κ1) is 61.1. The molecular weight excluding hydrogens is 805 g/mol. The maximum absolute atomic E-state index is 12.7. The predicted molar refractivity (Wildman–Crippen MR) is 279 cm³/mol. The summed E-state index contributed by atoms with van der Waals surface area (Å²) in [5.41, 5.74) is 0. The summed E-state index contributed by atoms with van der Waals surface area (Å²) in [6.07, 6.45) is 71.1. The van der Waals surface area contributed by atoms with E-state index in [2.05, 4.69) is 130 Å². The van der Waals surface area contributed by atoms with Crippen LogP contribution in [0.4, 0.5) is 0 Å². The van der Waals surface area contributed by atoms with Crippen LogP contribution in [0.1, 0.15) is 226 Å². The van der Waals surface area contributed by atoms with Gasteiger partial charge in [-0.05, 0) is 109 Å². The monoisotopic (exact) mass is 901 g/mol. The number of allylic oxidation sites excluding steroid dienone is 18. The highest BCUT2D eigenvalue weighted by Gasteiger charge is 2.19. The summed E-state index contributed by atoms with van der Waals surface area (Å²) in [4.78, 5) is 37.7. The van der Waals surface area contributed by atoms with Crippen molar-refractivity contribution in [3.05, 3.63) is 109 Å². The Labute approximate surface area is 400 Å². The van der Waals surface area contributed by atoms with Gasteiger partial charge in [-0.1, -0.05) is 207 Å². The van der Waals surface area contributed by atoms with Crippen LogP contribution in [0.25, 0.3) is 0 Å². The highest BCUT2D eigenvalue weighted by Crippen LogP contribution is 2.13. The van der Waals surface area contributed by atoms with Crippen molar-refractivity contribution < 1.29 is 28.6 Å². The molecule has 0 bridgehead atoms. The lowest BCUT2D eigenvalue weighted by molar-refractivity contribution is -0.167. The zero-order valence-electron chi connectivity index (χ0n) is 42.0. The average Bonchev–Trinajstić information content (AvgIpc) is 3.30. The van der Waals surface area contributed by atoms with Crippen LogP contribution in [0, 0.1) is 0 Å². The van der Waals surface area contributed by atoms with Gasteiger partial charge in [-0.25, -0.2) is 0 Å². The maximum Gasteiger partial charge on any atom is 0.306 e. The van der Waals surface area contributed by atoms with E-state index in [0.717, 1.165) is 148 Å². The lowest BCUT2D eigenvalue weighted by atomic mass is 10.1. The van der Waals surface area contributed by atoms with Gasteiger partial charge in [-0.2, -0.15) is 0 Å². The number of carbonyl (C=O) groups excluding carboxylic acids is 3. The minimum absolute atomic E-state index is 0.0946. The number of hydrogen-bond donors (Lipinski definition) is 0. The average molecular weight is 901 g/mol. The zero-order valence-corrected chi connectivity index (χ0v) is 42.0. The van der Waals surface area contributed by atoms with Crippen molar-refractivity contribution in [3.8, 4) is 0 Å². The van der Waals surface area contributed by atoms with Crippen LogP contribution in [0.15, 0.2) is 109 Å². The van der Waals surface area contributed by atoms with Crippen LogP contribution in [0.2, 0.25) is 0 Å². The lowest BCUT2D eigenvalue weighted by Crippen LogP contribution is -2.30. The Kier molecular flexibility index (Phi) is 49.5. The first-order valence-corrected chi connectivity index (χ1v) is 26.4. The van der Waals surface area contributed by atoms with Crippen LogP contribution in [-0.4, -0.2) is 37.2 Å². The number of esters is 3. The summed E-state index contributed by atoms with van der Waals surface area (Å²) < 4.78 is 16.7. The molecule has 0 heterocycles. The van der Waals surface area contributed by atoms with Crippen molar-refractivity contribution in [2.24, 2.45) is 0 Å². The highest BCUT2D eigenvalue weighted by atomic mass is 16.6. The Morgan fingerprint density at radius 3 is 0.969 bits per heavy atom. The molecule has 0 fully saturated rings. The van der Waals surface area contributed by atoms with E-state index in [1.165, 1.54) is 38.5 Å². The molecule has 6 heteroatoms. The van der Waals surface area contributed by atoms with E-state index in [0.29, 0.717) is 19.3 Å². The van der Waals surface area contributed by atoms with Gasteiger partial charge in [-0.15, -0.1) is 0 Å². The van der Waals surface area contributed by atoms with Gasteiger partial charge in [0.25, 0.3) is 0 Å². The number of carbonyl (C=O) groups is 3.